The maximum atomic E-state index is 12.5. The summed E-state index contributed by atoms with van der Waals surface area (Å²) in [5.74, 6) is -0.954. The molecule has 0 saturated carbocycles. The van der Waals surface area contributed by atoms with Gasteiger partial charge in [0.15, 0.2) is 0 Å². The first-order valence-electron chi connectivity index (χ1n) is 6.85. The summed E-state index contributed by atoms with van der Waals surface area (Å²) in [5, 5.41) is 9.99. The molecule has 2 rings (SSSR count). The van der Waals surface area contributed by atoms with Crippen molar-refractivity contribution in [3.05, 3.63) is 34.9 Å². The van der Waals surface area contributed by atoms with Gasteiger partial charge in [0.1, 0.15) is 5.54 Å². The van der Waals surface area contributed by atoms with Crippen LogP contribution in [0.2, 0.25) is 5.02 Å². The van der Waals surface area contributed by atoms with Crippen molar-refractivity contribution in [2.45, 2.75) is 31.8 Å². The molecule has 0 aliphatic carbocycles. The normalized spacial score (nSPS) is 21.4. The van der Waals surface area contributed by atoms with Gasteiger partial charge >= 0.3 is 12.0 Å². The Morgan fingerprint density at radius 2 is 2.19 bits per heavy atom. The molecule has 1 aliphatic heterocycles. The SMILES string of the molecule is CN(Cc1cccc(Cl)c1)C(=O)N1CCCC1(C)C(=O)O. The molecule has 1 saturated heterocycles. The third kappa shape index (κ3) is 3.13. The fraction of sp³-hybridized carbons (Fsp3) is 0.467. The molecule has 0 spiro atoms. The van der Waals surface area contributed by atoms with Crippen molar-refractivity contribution in [2.75, 3.05) is 13.6 Å². The number of rotatable bonds is 3. The summed E-state index contributed by atoms with van der Waals surface area (Å²) in [6.45, 7) is 2.47. The van der Waals surface area contributed by atoms with E-state index in [1.54, 1.807) is 26.1 Å². The predicted octanol–water partition coefficient (Wildman–Crippen LogP) is 2.83. The molecule has 1 heterocycles. The summed E-state index contributed by atoms with van der Waals surface area (Å²) in [5.41, 5.74) is -0.200. The maximum Gasteiger partial charge on any atom is 0.329 e. The summed E-state index contributed by atoms with van der Waals surface area (Å²) in [6, 6.07) is 7.02. The molecule has 5 nitrogen and oxygen atoms in total. The average molecular weight is 311 g/mol. The summed E-state index contributed by atoms with van der Waals surface area (Å²) < 4.78 is 0. The third-order valence-corrected chi connectivity index (χ3v) is 4.20. The summed E-state index contributed by atoms with van der Waals surface area (Å²) in [7, 11) is 1.67. The number of carboxylic acid groups (broad SMARTS) is 1. The van der Waals surface area contributed by atoms with Crippen LogP contribution in [0.4, 0.5) is 4.79 Å². The largest absolute Gasteiger partial charge is 0.480 e. The topological polar surface area (TPSA) is 60.9 Å². The van der Waals surface area contributed by atoms with Gasteiger partial charge in [0.05, 0.1) is 0 Å². The van der Waals surface area contributed by atoms with E-state index >= 15 is 0 Å². The van der Waals surface area contributed by atoms with Gasteiger partial charge in [-0.2, -0.15) is 0 Å². The van der Waals surface area contributed by atoms with Crippen LogP contribution < -0.4 is 0 Å². The zero-order chi connectivity index (χ0) is 15.6. The molecule has 2 amide bonds. The van der Waals surface area contributed by atoms with Crippen molar-refractivity contribution in [1.29, 1.82) is 0 Å². The van der Waals surface area contributed by atoms with Gasteiger partial charge in [0, 0.05) is 25.2 Å². The second kappa shape index (κ2) is 5.93. The van der Waals surface area contributed by atoms with Gasteiger partial charge < -0.3 is 14.9 Å². The summed E-state index contributed by atoms with van der Waals surface area (Å²) in [4.78, 5) is 26.9. The second-order valence-electron chi connectivity index (χ2n) is 5.60. The van der Waals surface area contributed by atoms with E-state index in [-0.39, 0.29) is 6.03 Å². The first-order valence-corrected chi connectivity index (χ1v) is 7.23. The number of benzene rings is 1. The van der Waals surface area contributed by atoms with Crippen LogP contribution in [0.25, 0.3) is 0 Å². The molecule has 1 aromatic carbocycles. The van der Waals surface area contributed by atoms with E-state index in [1.165, 1.54) is 9.80 Å². The zero-order valence-electron chi connectivity index (χ0n) is 12.2. The lowest BCUT2D eigenvalue weighted by atomic mass is 10.00. The molecule has 1 fully saturated rings. The Morgan fingerprint density at radius 3 is 2.81 bits per heavy atom. The lowest BCUT2D eigenvalue weighted by Crippen LogP contribution is -2.54. The predicted molar refractivity (Wildman–Crippen MR) is 80.3 cm³/mol. The smallest absolute Gasteiger partial charge is 0.329 e. The van der Waals surface area contributed by atoms with E-state index in [0.717, 1.165) is 5.56 Å². The van der Waals surface area contributed by atoms with Gasteiger partial charge in [-0.1, -0.05) is 23.7 Å². The highest BCUT2D eigenvalue weighted by molar-refractivity contribution is 6.30. The van der Waals surface area contributed by atoms with Crippen molar-refractivity contribution < 1.29 is 14.7 Å². The van der Waals surface area contributed by atoms with Gasteiger partial charge in [-0.3, -0.25) is 0 Å². The number of hydrogen-bond acceptors (Lipinski definition) is 2. The van der Waals surface area contributed by atoms with Gasteiger partial charge in [-0.25, -0.2) is 9.59 Å². The quantitative estimate of drug-likeness (QED) is 0.934. The molecule has 1 N–H and O–H groups in total. The number of carbonyl (C=O) groups is 2. The fourth-order valence-corrected chi connectivity index (χ4v) is 2.89. The molecule has 1 unspecified atom stereocenters. The van der Waals surface area contributed by atoms with Crippen molar-refractivity contribution in [3.8, 4) is 0 Å². The lowest BCUT2D eigenvalue weighted by molar-refractivity contribution is -0.147. The van der Waals surface area contributed by atoms with Crippen LogP contribution in [0.3, 0.4) is 0 Å². The van der Waals surface area contributed by atoms with Crippen LogP contribution in [0.1, 0.15) is 25.3 Å². The van der Waals surface area contributed by atoms with Crippen LogP contribution >= 0.6 is 11.6 Å². The Hall–Kier alpha value is -1.75. The van der Waals surface area contributed by atoms with E-state index < -0.39 is 11.5 Å². The lowest BCUT2D eigenvalue weighted by Gasteiger charge is -2.34. The van der Waals surface area contributed by atoms with Crippen LogP contribution in [0, 0.1) is 0 Å². The molecule has 1 aliphatic rings. The standard InChI is InChI=1S/C15H19ClN2O3/c1-15(13(19)20)7-4-8-18(15)14(21)17(2)10-11-5-3-6-12(16)9-11/h3,5-6,9H,4,7-8,10H2,1-2H3,(H,19,20). The van der Waals surface area contributed by atoms with E-state index in [0.29, 0.717) is 31.0 Å². The highest BCUT2D eigenvalue weighted by atomic mass is 35.5. The zero-order valence-corrected chi connectivity index (χ0v) is 12.9. The number of urea groups is 1. The van der Waals surface area contributed by atoms with Gasteiger partial charge in [0.2, 0.25) is 0 Å². The molecular weight excluding hydrogens is 292 g/mol. The van der Waals surface area contributed by atoms with E-state index in [2.05, 4.69) is 0 Å². The number of hydrogen-bond donors (Lipinski definition) is 1. The second-order valence-corrected chi connectivity index (χ2v) is 6.04. The Labute approximate surface area is 129 Å². The average Bonchev–Trinajstić information content (AvgIpc) is 2.81. The number of amides is 2. The molecule has 21 heavy (non-hydrogen) atoms. The van der Waals surface area contributed by atoms with Crippen LogP contribution in [-0.2, 0) is 11.3 Å². The van der Waals surface area contributed by atoms with Gasteiger partial charge in [0.25, 0.3) is 0 Å². The third-order valence-electron chi connectivity index (χ3n) is 3.97. The summed E-state index contributed by atoms with van der Waals surface area (Å²) >= 11 is 5.93. The first-order chi connectivity index (χ1) is 9.84. The highest BCUT2D eigenvalue weighted by Gasteiger charge is 2.46. The van der Waals surface area contributed by atoms with Crippen molar-refractivity contribution in [2.24, 2.45) is 0 Å². The minimum absolute atomic E-state index is 0.266. The maximum absolute atomic E-state index is 12.5. The molecule has 0 radical (unpaired) electrons. The molecular formula is C15H19ClN2O3. The van der Waals surface area contributed by atoms with Crippen LogP contribution in [-0.4, -0.2) is 46.0 Å². The highest BCUT2D eigenvalue weighted by Crippen LogP contribution is 2.30. The van der Waals surface area contributed by atoms with Gasteiger partial charge in [-0.05, 0) is 37.5 Å². The molecule has 1 atom stereocenters. The molecule has 114 valence electrons. The van der Waals surface area contributed by atoms with Crippen molar-refractivity contribution in [1.82, 2.24) is 9.80 Å². The van der Waals surface area contributed by atoms with Crippen LogP contribution in [0.5, 0.6) is 0 Å². The van der Waals surface area contributed by atoms with Gasteiger partial charge in [-0.15, -0.1) is 0 Å². The molecule has 0 aromatic heterocycles. The first kappa shape index (κ1) is 15.6. The number of nitrogens with zero attached hydrogens (tertiary/aromatic N) is 2. The number of aliphatic carboxylic acids is 1. The minimum Gasteiger partial charge on any atom is -0.480 e. The van der Waals surface area contributed by atoms with E-state index in [9.17, 15) is 14.7 Å². The van der Waals surface area contributed by atoms with Crippen molar-refractivity contribution in [3.63, 3.8) is 0 Å². The van der Waals surface area contributed by atoms with Crippen LogP contribution in [0.15, 0.2) is 24.3 Å². The molecule has 0 bridgehead atoms. The Balaban J connectivity index is 2.10. The summed E-state index contributed by atoms with van der Waals surface area (Å²) in [6.07, 6.45) is 1.19. The Morgan fingerprint density at radius 1 is 1.48 bits per heavy atom. The number of carbonyl (C=O) groups excluding carboxylic acids is 1. The van der Waals surface area contributed by atoms with Crippen molar-refractivity contribution >= 4 is 23.6 Å². The number of halogens is 1. The fourth-order valence-electron chi connectivity index (χ4n) is 2.68. The number of likely N-dealkylation sites (tertiary alicyclic amines) is 1. The molecule has 6 heteroatoms. The van der Waals surface area contributed by atoms with E-state index in [4.69, 9.17) is 11.6 Å². The Kier molecular flexibility index (Phi) is 4.42. The minimum atomic E-state index is -1.11. The monoisotopic (exact) mass is 310 g/mol. The number of carboxylic acids is 1. The molecule has 1 aromatic rings. The van der Waals surface area contributed by atoms with E-state index in [1.807, 2.05) is 12.1 Å². The Bertz CT molecular complexity index is 564.